The number of rotatable bonds is 12. The summed E-state index contributed by atoms with van der Waals surface area (Å²) in [6.45, 7) is 3.25. The highest BCUT2D eigenvalue weighted by molar-refractivity contribution is 7.92. The predicted octanol–water partition coefficient (Wildman–Crippen LogP) is 5.97. The molecule has 0 spiro atoms. The van der Waals surface area contributed by atoms with E-state index in [0.29, 0.717) is 17.0 Å². The van der Waals surface area contributed by atoms with Gasteiger partial charge in [0.05, 0.1) is 22.0 Å². The number of nitrogens with zero attached hydrogens (tertiary/aromatic N) is 2. The molecule has 7 nitrogen and oxygen atoms in total. The smallest absolute Gasteiger partial charge is 0.244 e. The summed E-state index contributed by atoms with van der Waals surface area (Å²) in [5, 5.41) is 3.79. The van der Waals surface area contributed by atoms with Crippen LogP contribution in [0, 0.1) is 0 Å². The summed E-state index contributed by atoms with van der Waals surface area (Å²) in [6, 6.07) is 19.6. The summed E-state index contributed by atoms with van der Waals surface area (Å²) in [4.78, 5) is 29.1. The number of hydrogen-bond acceptors (Lipinski definition) is 4. The van der Waals surface area contributed by atoms with E-state index >= 15 is 0 Å². The fourth-order valence-corrected chi connectivity index (χ4v) is 5.39. The third-order valence-corrected chi connectivity index (χ3v) is 8.69. The molecule has 0 unspecified atom stereocenters. The molecule has 0 aliphatic carbocycles. The summed E-state index contributed by atoms with van der Waals surface area (Å²) in [6.07, 6.45) is 1.91. The van der Waals surface area contributed by atoms with Crippen LogP contribution in [0.15, 0.2) is 72.8 Å². The Morgan fingerprint density at radius 2 is 1.55 bits per heavy atom. The molecule has 3 rings (SSSR count). The highest BCUT2D eigenvalue weighted by atomic mass is 35.5. The van der Waals surface area contributed by atoms with Crippen LogP contribution in [0.3, 0.4) is 0 Å². The molecular weight excluding hydrogens is 593 g/mol. The molecule has 0 aliphatic heterocycles. The quantitative estimate of drug-likeness (QED) is 0.269. The molecule has 0 saturated heterocycles. The summed E-state index contributed by atoms with van der Waals surface area (Å²) in [7, 11) is -3.93. The van der Waals surface area contributed by atoms with Crippen LogP contribution in [-0.2, 0) is 32.6 Å². The summed E-state index contributed by atoms with van der Waals surface area (Å²) >= 11 is 18.7. The second kappa shape index (κ2) is 14.2. The lowest BCUT2D eigenvalue weighted by molar-refractivity contribution is -0.140. The molecular formula is C29H32Cl3N3O4S. The fourth-order valence-electron chi connectivity index (χ4n) is 4.06. The van der Waals surface area contributed by atoms with E-state index in [1.807, 2.05) is 44.2 Å². The number of carbonyl (C=O) groups excluding carboxylic acids is 2. The van der Waals surface area contributed by atoms with Crippen LogP contribution in [0.1, 0.15) is 31.4 Å². The maximum atomic E-state index is 14.1. The van der Waals surface area contributed by atoms with Crippen LogP contribution in [0.4, 0.5) is 5.69 Å². The van der Waals surface area contributed by atoms with E-state index in [1.165, 1.54) is 23.1 Å². The molecule has 3 aromatic carbocycles. The van der Waals surface area contributed by atoms with E-state index in [-0.39, 0.29) is 40.6 Å². The van der Waals surface area contributed by atoms with Crippen LogP contribution in [0.25, 0.3) is 0 Å². The van der Waals surface area contributed by atoms with E-state index in [1.54, 1.807) is 24.3 Å². The van der Waals surface area contributed by atoms with Gasteiger partial charge in [-0.3, -0.25) is 13.9 Å². The summed E-state index contributed by atoms with van der Waals surface area (Å²) in [5.74, 6) is -0.935. The molecule has 0 radical (unpaired) electrons. The molecule has 0 saturated carbocycles. The van der Waals surface area contributed by atoms with Crippen molar-refractivity contribution in [1.29, 1.82) is 0 Å². The number of anilines is 1. The Hall–Kier alpha value is -2.78. The Kier molecular flexibility index (Phi) is 11.3. The average Bonchev–Trinajstić information content (AvgIpc) is 2.91. The largest absolute Gasteiger partial charge is 0.352 e. The van der Waals surface area contributed by atoms with Gasteiger partial charge in [0.15, 0.2) is 0 Å². The highest BCUT2D eigenvalue weighted by Crippen LogP contribution is 2.29. The number of benzene rings is 3. The lowest BCUT2D eigenvalue weighted by Gasteiger charge is -2.34. The van der Waals surface area contributed by atoms with E-state index in [9.17, 15) is 18.0 Å². The predicted molar refractivity (Wildman–Crippen MR) is 162 cm³/mol. The van der Waals surface area contributed by atoms with E-state index < -0.39 is 28.5 Å². The molecule has 11 heteroatoms. The second-order valence-corrected chi connectivity index (χ2v) is 12.6. The van der Waals surface area contributed by atoms with Gasteiger partial charge >= 0.3 is 0 Å². The van der Waals surface area contributed by atoms with Gasteiger partial charge in [-0.25, -0.2) is 8.42 Å². The normalized spacial score (nSPS) is 12.8. The van der Waals surface area contributed by atoms with Crippen molar-refractivity contribution < 1.29 is 18.0 Å². The third-order valence-electron chi connectivity index (χ3n) is 6.44. The van der Waals surface area contributed by atoms with Gasteiger partial charge in [-0.2, -0.15) is 0 Å². The zero-order valence-electron chi connectivity index (χ0n) is 22.5. The first-order valence-electron chi connectivity index (χ1n) is 12.7. The summed E-state index contributed by atoms with van der Waals surface area (Å²) in [5.41, 5.74) is 1.63. The van der Waals surface area contributed by atoms with Crippen LogP contribution in [-0.4, -0.2) is 50.0 Å². The number of halogens is 3. The molecule has 1 N–H and O–H groups in total. The zero-order valence-corrected chi connectivity index (χ0v) is 25.6. The van der Waals surface area contributed by atoms with Crippen molar-refractivity contribution in [3.05, 3.63) is 99.0 Å². The first-order chi connectivity index (χ1) is 18.9. The Labute approximate surface area is 251 Å². The first kappa shape index (κ1) is 31.7. The van der Waals surface area contributed by atoms with Gasteiger partial charge in [0.2, 0.25) is 21.8 Å². The minimum absolute atomic E-state index is 0.0110. The van der Waals surface area contributed by atoms with Crippen LogP contribution < -0.4 is 9.62 Å². The molecule has 0 aliphatic rings. The van der Waals surface area contributed by atoms with Crippen LogP contribution >= 0.6 is 34.8 Å². The third kappa shape index (κ3) is 8.61. The van der Waals surface area contributed by atoms with Gasteiger partial charge in [0.25, 0.3) is 0 Å². The minimum atomic E-state index is -3.93. The average molecular weight is 625 g/mol. The Morgan fingerprint density at radius 1 is 0.900 bits per heavy atom. The van der Waals surface area contributed by atoms with Crippen molar-refractivity contribution in [2.24, 2.45) is 0 Å². The minimum Gasteiger partial charge on any atom is -0.352 e. The van der Waals surface area contributed by atoms with Crippen molar-refractivity contribution in [3.8, 4) is 0 Å². The van der Waals surface area contributed by atoms with E-state index in [4.69, 9.17) is 34.8 Å². The molecule has 2 amide bonds. The fraction of sp³-hybridized carbons (Fsp3) is 0.310. The van der Waals surface area contributed by atoms with Gasteiger partial charge in [-0.05, 0) is 48.7 Å². The molecule has 0 fully saturated rings. The van der Waals surface area contributed by atoms with Gasteiger partial charge in [0, 0.05) is 24.0 Å². The van der Waals surface area contributed by atoms with Gasteiger partial charge in [-0.1, -0.05) is 90.3 Å². The maximum Gasteiger partial charge on any atom is 0.244 e. The van der Waals surface area contributed by atoms with E-state index in [0.717, 1.165) is 16.1 Å². The van der Waals surface area contributed by atoms with Crippen molar-refractivity contribution in [2.75, 3.05) is 17.1 Å². The van der Waals surface area contributed by atoms with Crippen molar-refractivity contribution >= 4 is 62.3 Å². The molecule has 0 heterocycles. The monoisotopic (exact) mass is 623 g/mol. The summed E-state index contributed by atoms with van der Waals surface area (Å²) < 4.78 is 26.7. The zero-order chi connectivity index (χ0) is 29.4. The standard InChI is InChI=1S/C29H32Cl3N3O4S/c1-4-20(2)33-29(37)27(16-21-10-6-5-7-11-21)34(18-22-12-8-9-13-24(22)30)28(36)19-35(40(3,38)39)23-14-15-25(31)26(32)17-23/h5-15,17,20,27H,4,16,18-19H2,1-3H3,(H,33,37)/t20-,27+/m1/s1. The van der Waals surface area contributed by atoms with Crippen LogP contribution in [0.5, 0.6) is 0 Å². The first-order valence-corrected chi connectivity index (χ1v) is 15.7. The molecule has 40 heavy (non-hydrogen) atoms. The number of nitrogens with one attached hydrogen (secondary N) is 1. The van der Waals surface area contributed by atoms with E-state index in [2.05, 4.69) is 5.32 Å². The number of carbonyl (C=O) groups is 2. The second-order valence-electron chi connectivity index (χ2n) is 9.50. The van der Waals surface area contributed by atoms with Crippen molar-refractivity contribution in [1.82, 2.24) is 10.2 Å². The number of sulfonamides is 1. The lowest BCUT2D eigenvalue weighted by atomic mass is 10.0. The van der Waals surface area contributed by atoms with Crippen molar-refractivity contribution in [3.63, 3.8) is 0 Å². The molecule has 0 bridgehead atoms. The van der Waals surface area contributed by atoms with Crippen LogP contribution in [0.2, 0.25) is 15.1 Å². The molecule has 3 aromatic rings. The topological polar surface area (TPSA) is 86.8 Å². The number of amides is 2. The molecule has 214 valence electrons. The van der Waals surface area contributed by atoms with Gasteiger partial charge < -0.3 is 10.2 Å². The van der Waals surface area contributed by atoms with Crippen molar-refractivity contribution in [2.45, 2.75) is 45.3 Å². The van der Waals surface area contributed by atoms with Gasteiger partial charge in [-0.15, -0.1) is 0 Å². The maximum absolute atomic E-state index is 14.1. The van der Waals surface area contributed by atoms with Gasteiger partial charge in [0.1, 0.15) is 12.6 Å². The Balaban J connectivity index is 2.08. The SMILES string of the molecule is CC[C@@H](C)NC(=O)[C@H](Cc1ccccc1)N(Cc1ccccc1Cl)C(=O)CN(c1ccc(Cl)c(Cl)c1)S(C)(=O)=O. The lowest BCUT2D eigenvalue weighted by Crippen LogP contribution is -2.54. The molecule has 0 aromatic heterocycles. The number of hydrogen-bond donors (Lipinski definition) is 1. The molecule has 2 atom stereocenters. The Bertz CT molecular complexity index is 1440. The highest BCUT2D eigenvalue weighted by Gasteiger charge is 2.33. The Morgan fingerprint density at radius 3 is 2.15 bits per heavy atom.